The van der Waals surface area contributed by atoms with E-state index in [2.05, 4.69) is 15.5 Å². The first-order valence-electron chi connectivity index (χ1n) is 22.9. The SMILES string of the molecule is C/C=C/COc1cc(C)c(OC/C(C)=N\OC)c(C)c1.C/C=C/COc1cc(C)c(OC/C(C)=N\OC)c(C)c1.C/C=C/COc1cc(C)c(OC/C(C)=N\OC)c(C)c1.CC.CC.CC. The average Bonchev–Trinajstić information content (AvgIpc) is 3.28. The molecule has 0 spiro atoms. The van der Waals surface area contributed by atoms with Crippen LogP contribution in [0.2, 0.25) is 0 Å². The van der Waals surface area contributed by atoms with Gasteiger partial charge in [0, 0.05) is 0 Å². The highest BCUT2D eigenvalue weighted by molar-refractivity contribution is 5.83. The van der Waals surface area contributed by atoms with Gasteiger partial charge in [0.15, 0.2) is 0 Å². The summed E-state index contributed by atoms with van der Waals surface area (Å²) in [5, 5.41) is 11.5. The summed E-state index contributed by atoms with van der Waals surface area (Å²) in [6, 6.07) is 11.9. The highest BCUT2D eigenvalue weighted by atomic mass is 16.6. The van der Waals surface area contributed by atoms with Gasteiger partial charge in [0.05, 0.1) is 17.1 Å². The molecule has 0 aliphatic rings. The van der Waals surface area contributed by atoms with E-state index in [1.54, 1.807) is 0 Å². The van der Waals surface area contributed by atoms with Gasteiger partial charge in [-0.15, -0.1) is 0 Å². The minimum absolute atomic E-state index is 0.411. The largest absolute Gasteiger partial charge is 0.490 e. The number of allylic oxidation sites excluding steroid dienone is 3. The van der Waals surface area contributed by atoms with E-state index in [0.717, 1.165) is 85.0 Å². The topological polar surface area (TPSA) is 120 Å². The standard InChI is InChI=1S/3C16H23NO3.3C2H6/c3*1-6-7-8-19-15-9-12(2)16(13(3)10-15)20-11-14(4)17-18-5;3*1-2/h3*6-7,9-10H,8,11H2,1-5H3;3*1-2H3/b3*7-6+,17-14-;;;. The van der Waals surface area contributed by atoms with E-state index >= 15 is 0 Å². The van der Waals surface area contributed by atoms with E-state index in [-0.39, 0.29) is 0 Å². The Hall–Kier alpha value is -5.91. The molecule has 0 fully saturated rings. The third kappa shape index (κ3) is 28.8. The highest BCUT2D eigenvalue weighted by Crippen LogP contribution is 2.30. The first-order chi connectivity index (χ1) is 31.7. The van der Waals surface area contributed by atoms with Crippen molar-refractivity contribution in [3.05, 3.63) is 106 Å². The molecule has 0 saturated heterocycles. The highest BCUT2D eigenvalue weighted by Gasteiger charge is 2.10. The van der Waals surface area contributed by atoms with Crippen molar-refractivity contribution < 1.29 is 42.9 Å². The maximum Gasteiger partial charge on any atom is 0.129 e. The van der Waals surface area contributed by atoms with Crippen molar-refractivity contribution >= 4 is 17.1 Å². The molecule has 0 aliphatic heterocycles. The van der Waals surface area contributed by atoms with Crippen LogP contribution in [0.15, 0.2) is 88.3 Å². The smallest absolute Gasteiger partial charge is 0.129 e. The number of hydrogen-bond acceptors (Lipinski definition) is 12. The second-order valence-corrected chi connectivity index (χ2v) is 13.7. The normalized spacial score (nSPS) is 11.0. The van der Waals surface area contributed by atoms with Crippen LogP contribution in [-0.2, 0) is 14.5 Å². The zero-order valence-electron chi connectivity index (χ0n) is 44.7. The van der Waals surface area contributed by atoms with Crippen molar-refractivity contribution in [1.29, 1.82) is 0 Å². The van der Waals surface area contributed by atoms with Crippen LogP contribution in [0.5, 0.6) is 34.5 Å². The third-order valence-electron chi connectivity index (χ3n) is 8.06. The minimum atomic E-state index is 0.411. The van der Waals surface area contributed by atoms with Crippen LogP contribution in [0.1, 0.15) is 116 Å². The number of nitrogens with zero attached hydrogens (tertiary/aromatic N) is 3. The fourth-order valence-electron chi connectivity index (χ4n) is 5.46. The van der Waals surface area contributed by atoms with E-state index in [0.29, 0.717) is 39.6 Å². The molecule has 3 aromatic rings. The summed E-state index contributed by atoms with van der Waals surface area (Å²) in [5.74, 6) is 5.17. The number of oxime groups is 3. The van der Waals surface area contributed by atoms with Crippen LogP contribution in [-0.4, -0.2) is 78.1 Å². The first-order valence-corrected chi connectivity index (χ1v) is 22.9. The molecule has 3 aromatic carbocycles. The molecule has 12 heteroatoms. The summed E-state index contributed by atoms with van der Waals surface area (Å²) in [7, 11) is 4.57. The average molecular weight is 922 g/mol. The van der Waals surface area contributed by atoms with E-state index in [9.17, 15) is 0 Å². The van der Waals surface area contributed by atoms with Crippen LogP contribution in [0.25, 0.3) is 0 Å². The molecule has 0 atom stereocenters. The number of ether oxygens (including phenoxy) is 6. The molecule has 66 heavy (non-hydrogen) atoms. The fourth-order valence-corrected chi connectivity index (χ4v) is 5.46. The van der Waals surface area contributed by atoms with Crippen LogP contribution >= 0.6 is 0 Å². The van der Waals surface area contributed by atoms with E-state index < -0.39 is 0 Å². The Balaban J connectivity index is -0.000000851. The second kappa shape index (κ2) is 41.8. The van der Waals surface area contributed by atoms with Gasteiger partial charge in [0.1, 0.15) is 95.5 Å². The number of benzene rings is 3. The third-order valence-corrected chi connectivity index (χ3v) is 8.06. The van der Waals surface area contributed by atoms with Crippen molar-refractivity contribution in [2.75, 3.05) is 61.0 Å². The molecule has 12 nitrogen and oxygen atoms in total. The molecule has 0 N–H and O–H groups in total. The first kappa shape index (κ1) is 64.4. The van der Waals surface area contributed by atoms with Crippen molar-refractivity contribution in [2.24, 2.45) is 15.5 Å². The monoisotopic (exact) mass is 922 g/mol. The predicted octanol–water partition coefficient (Wildman–Crippen LogP) is 14.1. The van der Waals surface area contributed by atoms with E-state index in [1.807, 2.05) is 197 Å². The minimum Gasteiger partial charge on any atom is -0.490 e. The number of hydrogen-bond donors (Lipinski definition) is 0. The van der Waals surface area contributed by atoms with Gasteiger partial charge >= 0.3 is 0 Å². The zero-order chi connectivity index (χ0) is 50.9. The maximum absolute atomic E-state index is 5.78. The van der Waals surface area contributed by atoms with Crippen LogP contribution in [0.3, 0.4) is 0 Å². The molecular formula is C54H87N3O9. The van der Waals surface area contributed by atoms with Gasteiger partial charge < -0.3 is 42.9 Å². The molecule has 0 heterocycles. The molecule has 372 valence electrons. The summed E-state index contributed by atoms with van der Waals surface area (Å²) >= 11 is 0. The summed E-state index contributed by atoms with van der Waals surface area (Å²) < 4.78 is 34.3. The lowest BCUT2D eigenvalue weighted by atomic mass is 10.1. The number of aryl methyl sites for hydroxylation is 6. The lowest BCUT2D eigenvalue weighted by molar-refractivity contribution is 0.209. The zero-order valence-corrected chi connectivity index (χ0v) is 44.7. The molecule has 0 saturated carbocycles. The summed E-state index contributed by atoms with van der Waals surface area (Å²) in [6.45, 7) is 38.5. The van der Waals surface area contributed by atoms with Gasteiger partial charge in [-0.05, 0) is 153 Å². The van der Waals surface area contributed by atoms with Crippen LogP contribution in [0, 0.1) is 41.5 Å². The predicted molar refractivity (Wildman–Crippen MR) is 280 cm³/mol. The molecule has 0 aromatic heterocycles. The summed E-state index contributed by atoms with van der Waals surface area (Å²) in [4.78, 5) is 14.1. The fraction of sp³-hybridized carbons (Fsp3) is 0.500. The molecule has 3 rings (SSSR count). The van der Waals surface area contributed by atoms with Crippen LogP contribution in [0.4, 0.5) is 0 Å². The Kier molecular flexibility index (Phi) is 40.7. The molecule has 0 bridgehead atoms. The van der Waals surface area contributed by atoms with Gasteiger partial charge in [-0.3, -0.25) is 0 Å². The maximum atomic E-state index is 5.78. The molecule has 0 radical (unpaired) electrons. The summed E-state index contributed by atoms with van der Waals surface area (Å²) in [5.41, 5.74) is 8.66. The van der Waals surface area contributed by atoms with Gasteiger partial charge in [0.2, 0.25) is 0 Å². The van der Waals surface area contributed by atoms with Crippen molar-refractivity contribution in [2.45, 2.75) is 125 Å². The second-order valence-electron chi connectivity index (χ2n) is 13.7. The number of rotatable bonds is 21. The van der Waals surface area contributed by atoms with Gasteiger partial charge in [-0.2, -0.15) is 0 Å². The molecule has 0 unspecified atom stereocenters. The Morgan fingerprint density at radius 1 is 0.379 bits per heavy atom. The molecular weight excluding hydrogens is 835 g/mol. The van der Waals surface area contributed by atoms with Gasteiger partial charge in [-0.1, -0.05) is 93.5 Å². The quantitative estimate of drug-likeness (QED) is 0.0584. The van der Waals surface area contributed by atoms with E-state index in [1.165, 1.54) is 21.3 Å². The Morgan fingerprint density at radius 2 is 0.576 bits per heavy atom. The lowest BCUT2D eigenvalue weighted by Crippen LogP contribution is -2.09. The van der Waals surface area contributed by atoms with Crippen LogP contribution < -0.4 is 28.4 Å². The van der Waals surface area contributed by atoms with E-state index in [4.69, 9.17) is 42.9 Å². The Labute approximate surface area is 400 Å². The lowest BCUT2D eigenvalue weighted by Gasteiger charge is -2.14. The Morgan fingerprint density at radius 3 is 0.742 bits per heavy atom. The Bertz CT molecular complexity index is 1630. The van der Waals surface area contributed by atoms with Gasteiger partial charge in [0.25, 0.3) is 0 Å². The van der Waals surface area contributed by atoms with Crippen molar-refractivity contribution in [3.63, 3.8) is 0 Å². The van der Waals surface area contributed by atoms with Gasteiger partial charge in [-0.25, -0.2) is 0 Å². The summed E-state index contributed by atoms with van der Waals surface area (Å²) in [6.07, 6.45) is 11.8. The molecule has 0 amide bonds. The van der Waals surface area contributed by atoms with Crippen molar-refractivity contribution in [1.82, 2.24) is 0 Å². The van der Waals surface area contributed by atoms with Crippen molar-refractivity contribution in [3.8, 4) is 34.5 Å². The molecule has 0 aliphatic carbocycles.